The van der Waals surface area contributed by atoms with Crippen LogP contribution in [-0.2, 0) is 11.2 Å². The van der Waals surface area contributed by atoms with Crippen LogP contribution in [0.3, 0.4) is 0 Å². The molecule has 0 aliphatic heterocycles. The van der Waals surface area contributed by atoms with Gasteiger partial charge in [0.15, 0.2) is 16.8 Å². The van der Waals surface area contributed by atoms with Crippen molar-refractivity contribution in [3.05, 3.63) is 71.3 Å². The first-order valence-corrected chi connectivity index (χ1v) is 10.5. The highest BCUT2D eigenvalue weighted by Gasteiger charge is 2.14. The molecule has 0 aliphatic carbocycles. The lowest BCUT2D eigenvalue weighted by molar-refractivity contribution is -0.116. The first-order valence-electron chi connectivity index (χ1n) is 9.64. The number of nitrogens with one attached hydrogen (secondary N) is 1. The van der Waals surface area contributed by atoms with Gasteiger partial charge >= 0.3 is 0 Å². The van der Waals surface area contributed by atoms with Gasteiger partial charge in [-0.3, -0.25) is 4.79 Å². The van der Waals surface area contributed by atoms with Gasteiger partial charge in [-0.05, 0) is 55.5 Å². The summed E-state index contributed by atoms with van der Waals surface area (Å²) < 4.78 is 23.9. The smallest absolute Gasteiger partial charge is 0.226 e. The van der Waals surface area contributed by atoms with Crippen LogP contribution in [-0.4, -0.2) is 23.0 Å². The van der Waals surface area contributed by atoms with Crippen molar-refractivity contribution < 1.29 is 18.3 Å². The summed E-state index contributed by atoms with van der Waals surface area (Å²) in [5, 5.41) is 3.39. The van der Waals surface area contributed by atoms with Crippen LogP contribution in [0.25, 0.3) is 22.6 Å². The summed E-state index contributed by atoms with van der Waals surface area (Å²) in [4.78, 5) is 22.1. The molecule has 2 aromatic carbocycles. The zero-order valence-corrected chi connectivity index (χ0v) is 17.8. The Morgan fingerprint density at radius 1 is 1.13 bits per heavy atom. The van der Waals surface area contributed by atoms with Crippen LogP contribution in [0.15, 0.2) is 59.1 Å². The molecular weight excluding hydrogens is 417 g/mol. The molecule has 4 rings (SSSR count). The van der Waals surface area contributed by atoms with E-state index in [0.717, 1.165) is 27.4 Å². The number of hydrogen-bond donors (Lipinski definition) is 1. The Bertz CT molecular complexity index is 1180. The number of aryl methyl sites for hydroxylation is 2. The molecule has 1 N–H and O–H groups in total. The molecule has 0 saturated carbocycles. The molecule has 31 heavy (non-hydrogen) atoms. The molecule has 0 unspecified atom stereocenters. The number of ether oxygens (including phenoxy) is 1. The van der Waals surface area contributed by atoms with Crippen molar-refractivity contribution in [3.8, 4) is 28.3 Å². The van der Waals surface area contributed by atoms with Gasteiger partial charge in [-0.1, -0.05) is 0 Å². The van der Waals surface area contributed by atoms with Gasteiger partial charge in [0.1, 0.15) is 11.6 Å². The molecule has 6 nitrogen and oxygen atoms in total. The van der Waals surface area contributed by atoms with Gasteiger partial charge in [0.05, 0.1) is 19.0 Å². The summed E-state index contributed by atoms with van der Waals surface area (Å²) in [7, 11) is 1.62. The second-order valence-electron chi connectivity index (χ2n) is 6.83. The highest BCUT2D eigenvalue weighted by atomic mass is 32.1. The number of thiazole rings is 1. The molecule has 2 heterocycles. The minimum atomic E-state index is -0.312. The lowest BCUT2D eigenvalue weighted by Crippen LogP contribution is -2.12. The van der Waals surface area contributed by atoms with Crippen LogP contribution in [0.4, 0.5) is 9.52 Å². The van der Waals surface area contributed by atoms with Crippen molar-refractivity contribution in [1.82, 2.24) is 9.97 Å². The molecule has 2 aromatic heterocycles. The van der Waals surface area contributed by atoms with Crippen LogP contribution in [0.1, 0.15) is 17.2 Å². The molecule has 0 saturated heterocycles. The summed E-state index contributed by atoms with van der Waals surface area (Å²) in [5.41, 5.74) is 2.52. The zero-order valence-electron chi connectivity index (χ0n) is 17.0. The van der Waals surface area contributed by atoms with Gasteiger partial charge in [-0.15, -0.1) is 11.3 Å². The van der Waals surface area contributed by atoms with Gasteiger partial charge in [0.25, 0.3) is 0 Å². The Morgan fingerprint density at radius 2 is 1.84 bits per heavy atom. The van der Waals surface area contributed by atoms with Crippen molar-refractivity contribution in [2.45, 2.75) is 19.8 Å². The third-order valence-corrected chi connectivity index (χ3v) is 5.54. The second kappa shape index (κ2) is 9.09. The molecule has 0 spiro atoms. The number of aromatic nitrogens is 2. The van der Waals surface area contributed by atoms with Crippen molar-refractivity contribution in [2.24, 2.45) is 0 Å². The molecule has 8 heteroatoms. The standard InChI is InChI=1S/C23H20FN3O3S/c1-14-22(16-5-9-18(29-2)10-6-16)27-23(31-14)26-20(28)11-12-21-25-13-19(30-21)15-3-7-17(24)8-4-15/h3-10,13H,11-12H2,1-2H3,(H,26,27,28). The average Bonchev–Trinajstić information content (AvgIpc) is 3.39. The third-order valence-electron chi connectivity index (χ3n) is 4.65. The van der Waals surface area contributed by atoms with Crippen LogP contribution in [0.5, 0.6) is 5.75 Å². The Kier molecular flexibility index (Phi) is 6.08. The Morgan fingerprint density at radius 3 is 2.55 bits per heavy atom. The number of nitrogens with zero attached hydrogens (tertiary/aromatic N) is 2. The number of rotatable bonds is 7. The first kappa shape index (κ1) is 20.7. The van der Waals surface area contributed by atoms with Crippen LogP contribution in [0.2, 0.25) is 0 Å². The van der Waals surface area contributed by atoms with Gasteiger partial charge < -0.3 is 14.5 Å². The Labute approximate surface area is 182 Å². The predicted octanol–water partition coefficient (Wildman–Crippen LogP) is 5.49. The van der Waals surface area contributed by atoms with Crippen LogP contribution >= 0.6 is 11.3 Å². The largest absolute Gasteiger partial charge is 0.497 e. The molecule has 0 atom stereocenters. The Balaban J connectivity index is 1.35. The fraction of sp³-hybridized carbons (Fsp3) is 0.174. The highest BCUT2D eigenvalue weighted by molar-refractivity contribution is 7.16. The van der Waals surface area contributed by atoms with E-state index in [-0.39, 0.29) is 18.1 Å². The number of hydrogen-bond acceptors (Lipinski definition) is 6. The van der Waals surface area contributed by atoms with Crippen LogP contribution < -0.4 is 10.1 Å². The van der Waals surface area contributed by atoms with Crippen molar-refractivity contribution >= 4 is 22.4 Å². The lowest BCUT2D eigenvalue weighted by atomic mass is 10.1. The summed E-state index contributed by atoms with van der Waals surface area (Å²) in [5.74, 6) is 1.28. The molecule has 0 aliphatic rings. The fourth-order valence-electron chi connectivity index (χ4n) is 3.04. The van der Waals surface area contributed by atoms with Crippen molar-refractivity contribution in [3.63, 3.8) is 0 Å². The maximum absolute atomic E-state index is 13.0. The van der Waals surface area contributed by atoms with E-state index in [0.29, 0.717) is 23.2 Å². The zero-order chi connectivity index (χ0) is 21.8. The number of benzene rings is 2. The second-order valence-corrected chi connectivity index (χ2v) is 8.03. The summed E-state index contributed by atoms with van der Waals surface area (Å²) in [6.45, 7) is 1.97. The maximum Gasteiger partial charge on any atom is 0.226 e. The van der Waals surface area contributed by atoms with Crippen molar-refractivity contribution in [2.75, 3.05) is 12.4 Å². The summed E-state index contributed by atoms with van der Waals surface area (Å²) in [6.07, 6.45) is 2.13. The number of methoxy groups -OCH3 is 1. The van der Waals surface area contributed by atoms with E-state index in [2.05, 4.69) is 15.3 Å². The van der Waals surface area contributed by atoms with E-state index in [1.807, 2.05) is 31.2 Å². The maximum atomic E-state index is 13.0. The predicted molar refractivity (Wildman–Crippen MR) is 118 cm³/mol. The van der Waals surface area contributed by atoms with E-state index >= 15 is 0 Å². The normalized spacial score (nSPS) is 10.8. The van der Waals surface area contributed by atoms with Gasteiger partial charge in [0.2, 0.25) is 5.91 Å². The summed E-state index contributed by atoms with van der Waals surface area (Å²) >= 11 is 1.43. The lowest BCUT2D eigenvalue weighted by Gasteiger charge is -2.02. The van der Waals surface area contributed by atoms with Gasteiger partial charge in [0, 0.05) is 28.8 Å². The average molecular weight is 437 g/mol. The number of anilines is 1. The fourth-order valence-corrected chi connectivity index (χ4v) is 3.89. The SMILES string of the molecule is COc1ccc(-c2nc(NC(=O)CCc3ncc(-c4ccc(F)cc4)o3)sc2C)cc1. The number of carbonyl (C=O) groups excluding carboxylic acids is 1. The molecule has 1 amide bonds. The quantitative estimate of drug-likeness (QED) is 0.414. The number of oxazole rings is 1. The number of halogens is 1. The molecule has 0 fully saturated rings. The monoisotopic (exact) mass is 437 g/mol. The molecule has 0 bridgehead atoms. The minimum Gasteiger partial charge on any atom is -0.497 e. The van der Waals surface area contributed by atoms with E-state index in [1.54, 1.807) is 25.4 Å². The highest BCUT2D eigenvalue weighted by Crippen LogP contribution is 2.31. The minimum absolute atomic E-state index is 0.170. The number of carbonyl (C=O) groups is 1. The van der Waals surface area contributed by atoms with E-state index in [4.69, 9.17) is 9.15 Å². The number of amides is 1. The Hall–Kier alpha value is -3.52. The van der Waals surface area contributed by atoms with E-state index in [9.17, 15) is 9.18 Å². The van der Waals surface area contributed by atoms with Gasteiger partial charge in [-0.2, -0.15) is 0 Å². The molecular formula is C23H20FN3O3S. The van der Waals surface area contributed by atoms with E-state index in [1.165, 1.54) is 23.5 Å². The topological polar surface area (TPSA) is 77.2 Å². The third kappa shape index (κ3) is 4.97. The van der Waals surface area contributed by atoms with Gasteiger partial charge in [-0.25, -0.2) is 14.4 Å². The van der Waals surface area contributed by atoms with Crippen LogP contribution in [0, 0.1) is 12.7 Å². The molecule has 4 aromatic rings. The molecule has 158 valence electrons. The molecule has 0 radical (unpaired) electrons. The van der Waals surface area contributed by atoms with Crippen molar-refractivity contribution in [1.29, 1.82) is 0 Å². The first-order chi connectivity index (χ1) is 15.0. The van der Waals surface area contributed by atoms with E-state index < -0.39 is 0 Å². The summed E-state index contributed by atoms with van der Waals surface area (Å²) in [6, 6.07) is 13.6.